The predicted octanol–water partition coefficient (Wildman–Crippen LogP) is 1.50. The molecule has 0 atom stereocenters. The van der Waals surface area contributed by atoms with Gasteiger partial charge in [-0.1, -0.05) is 18.3 Å². The van der Waals surface area contributed by atoms with Crippen molar-refractivity contribution in [2.75, 3.05) is 32.7 Å². The number of amides is 1. The van der Waals surface area contributed by atoms with Gasteiger partial charge in [0.05, 0.1) is 4.99 Å². The summed E-state index contributed by atoms with van der Waals surface area (Å²) in [6.07, 6.45) is 2.59. The van der Waals surface area contributed by atoms with Crippen LogP contribution in [0.1, 0.15) is 17.7 Å². The average Bonchev–Trinajstić information content (AvgIpc) is 2.92. The highest BCUT2D eigenvalue weighted by Gasteiger charge is 2.20. The molecule has 20 heavy (non-hydrogen) atoms. The fourth-order valence-electron chi connectivity index (χ4n) is 2.40. The SMILES string of the molecule is NC(=S)CN1CCN(C(=O)CCCc2cccs2)CC1. The first-order valence-corrected chi connectivity index (χ1v) is 8.25. The lowest BCUT2D eigenvalue weighted by molar-refractivity contribution is -0.132. The zero-order valence-corrected chi connectivity index (χ0v) is 13.2. The van der Waals surface area contributed by atoms with Crippen molar-refractivity contribution in [3.8, 4) is 0 Å². The molecule has 0 unspecified atom stereocenters. The van der Waals surface area contributed by atoms with Crippen molar-refractivity contribution in [3.63, 3.8) is 0 Å². The molecular formula is C14H21N3OS2. The maximum Gasteiger partial charge on any atom is 0.222 e. The summed E-state index contributed by atoms with van der Waals surface area (Å²) in [7, 11) is 0. The summed E-state index contributed by atoms with van der Waals surface area (Å²) in [5.74, 6) is 0.275. The van der Waals surface area contributed by atoms with Gasteiger partial charge in [-0.25, -0.2) is 0 Å². The minimum atomic E-state index is 0.275. The lowest BCUT2D eigenvalue weighted by atomic mass is 10.2. The van der Waals surface area contributed by atoms with Crippen LogP contribution in [0.3, 0.4) is 0 Å². The van der Waals surface area contributed by atoms with E-state index >= 15 is 0 Å². The number of rotatable bonds is 6. The Morgan fingerprint density at radius 2 is 2.10 bits per heavy atom. The van der Waals surface area contributed by atoms with E-state index < -0.39 is 0 Å². The average molecular weight is 311 g/mol. The highest BCUT2D eigenvalue weighted by Crippen LogP contribution is 2.13. The number of piperazine rings is 1. The molecule has 2 rings (SSSR count). The molecule has 0 saturated carbocycles. The van der Waals surface area contributed by atoms with Crippen LogP contribution < -0.4 is 5.73 Å². The summed E-state index contributed by atoms with van der Waals surface area (Å²) in [6, 6.07) is 4.19. The number of nitrogens with two attached hydrogens (primary N) is 1. The minimum Gasteiger partial charge on any atom is -0.392 e. The summed E-state index contributed by atoms with van der Waals surface area (Å²) in [5, 5.41) is 2.08. The molecule has 1 aliphatic rings. The number of carbonyl (C=O) groups is 1. The normalized spacial score (nSPS) is 16.3. The van der Waals surface area contributed by atoms with Crippen LogP contribution in [0.15, 0.2) is 17.5 Å². The van der Waals surface area contributed by atoms with Crippen LogP contribution in [0.4, 0.5) is 0 Å². The summed E-state index contributed by atoms with van der Waals surface area (Å²) in [6.45, 7) is 3.98. The molecule has 1 saturated heterocycles. The fraction of sp³-hybridized carbons (Fsp3) is 0.571. The smallest absolute Gasteiger partial charge is 0.222 e. The van der Waals surface area contributed by atoms with Crippen molar-refractivity contribution >= 4 is 34.5 Å². The monoisotopic (exact) mass is 311 g/mol. The summed E-state index contributed by atoms with van der Waals surface area (Å²) in [4.78, 5) is 18.2. The summed E-state index contributed by atoms with van der Waals surface area (Å²) >= 11 is 6.67. The first kappa shape index (κ1) is 15.4. The Bertz CT molecular complexity index is 439. The van der Waals surface area contributed by atoms with Gasteiger partial charge in [-0.05, 0) is 24.3 Å². The number of thiocarbonyl (C=S) groups is 1. The van der Waals surface area contributed by atoms with E-state index in [9.17, 15) is 4.79 Å². The molecule has 0 aliphatic carbocycles. The van der Waals surface area contributed by atoms with Gasteiger partial charge in [0.25, 0.3) is 0 Å². The van der Waals surface area contributed by atoms with Gasteiger partial charge in [-0.3, -0.25) is 9.69 Å². The highest BCUT2D eigenvalue weighted by molar-refractivity contribution is 7.80. The van der Waals surface area contributed by atoms with Gasteiger partial charge in [0.1, 0.15) is 0 Å². The van der Waals surface area contributed by atoms with Gasteiger partial charge in [-0.2, -0.15) is 0 Å². The predicted molar refractivity (Wildman–Crippen MR) is 87.1 cm³/mol. The molecule has 0 spiro atoms. The third-order valence-electron chi connectivity index (χ3n) is 3.50. The van der Waals surface area contributed by atoms with Crippen LogP contribution in [0.2, 0.25) is 0 Å². The molecule has 0 bridgehead atoms. The Morgan fingerprint density at radius 3 is 2.70 bits per heavy atom. The van der Waals surface area contributed by atoms with Gasteiger partial charge in [0.2, 0.25) is 5.91 Å². The quantitative estimate of drug-likeness (QED) is 0.809. The van der Waals surface area contributed by atoms with E-state index in [1.54, 1.807) is 11.3 Å². The highest BCUT2D eigenvalue weighted by atomic mass is 32.1. The maximum atomic E-state index is 12.1. The molecule has 1 aromatic heterocycles. The molecule has 1 amide bonds. The zero-order chi connectivity index (χ0) is 14.4. The van der Waals surface area contributed by atoms with Gasteiger partial charge in [0, 0.05) is 44.0 Å². The van der Waals surface area contributed by atoms with Crippen LogP contribution in [0.5, 0.6) is 0 Å². The molecule has 1 aliphatic heterocycles. The van der Waals surface area contributed by atoms with E-state index in [1.807, 2.05) is 4.90 Å². The lowest BCUT2D eigenvalue weighted by Crippen LogP contribution is -2.50. The van der Waals surface area contributed by atoms with Crippen LogP contribution >= 0.6 is 23.6 Å². The standard InChI is InChI=1S/C14H21N3OS2/c15-13(19)11-16-6-8-17(9-7-16)14(18)5-1-3-12-4-2-10-20-12/h2,4,10H,1,3,5-9,11H2,(H2,15,19). The van der Waals surface area contributed by atoms with Gasteiger partial charge in [0.15, 0.2) is 0 Å². The van der Waals surface area contributed by atoms with Gasteiger partial charge in [-0.15, -0.1) is 11.3 Å². The van der Waals surface area contributed by atoms with Crippen LogP contribution in [-0.4, -0.2) is 53.4 Å². The molecule has 0 aromatic carbocycles. The second kappa shape index (κ2) is 7.71. The van der Waals surface area contributed by atoms with Gasteiger partial charge < -0.3 is 10.6 Å². The zero-order valence-electron chi connectivity index (χ0n) is 11.6. The van der Waals surface area contributed by atoms with E-state index in [0.717, 1.165) is 39.0 Å². The molecule has 6 heteroatoms. The molecular weight excluding hydrogens is 290 g/mol. The maximum absolute atomic E-state index is 12.1. The van der Waals surface area contributed by atoms with E-state index in [0.29, 0.717) is 18.0 Å². The lowest BCUT2D eigenvalue weighted by Gasteiger charge is -2.34. The second-order valence-corrected chi connectivity index (χ2v) is 6.61. The van der Waals surface area contributed by atoms with Crippen LogP contribution in [-0.2, 0) is 11.2 Å². The molecule has 2 heterocycles. The van der Waals surface area contributed by atoms with E-state index in [-0.39, 0.29) is 5.91 Å². The molecule has 4 nitrogen and oxygen atoms in total. The third kappa shape index (κ3) is 4.85. The Balaban J connectivity index is 1.65. The van der Waals surface area contributed by atoms with Crippen molar-refractivity contribution in [1.29, 1.82) is 0 Å². The number of hydrogen-bond acceptors (Lipinski definition) is 4. The summed E-state index contributed by atoms with van der Waals surface area (Å²) < 4.78 is 0. The second-order valence-electron chi connectivity index (χ2n) is 5.06. The van der Waals surface area contributed by atoms with Gasteiger partial charge >= 0.3 is 0 Å². The largest absolute Gasteiger partial charge is 0.392 e. The van der Waals surface area contributed by atoms with E-state index in [1.165, 1.54) is 4.88 Å². The van der Waals surface area contributed by atoms with Crippen molar-refractivity contribution in [3.05, 3.63) is 22.4 Å². The fourth-order valence-corrected chi connectivity index (χ4v) is 3.34. The first-order chi connectivity index (χ1) is 9.65. The van der Waals surface area contributed by atoms with Crippen LogP contribution in [0.25, 0.3) is 0 Å². The van der Waals surface area contributed by atoms with E-state index in [2.05, 4.69) is 22.4 Å². The molecule has 2 N–H and O–H groups in total. The topological polar surface area (TPSA) is 49.6 Å². The minimum absolute atomic E-state index is 0.275. The Morgan fingerprint density at radius 1 is 1.35 bits per heavy atom. The summed E-state index contributed by atoms with van der Waals surface area (Å²) in [5.41, 5.74) is 5.54. The van der Waals surface area contributed by atoms with Crippen molar-refractivity contribution in [2.45, 2.75) is 19.3 Å². The van der Waals surface area contributed by atoms with Crippen molar-refractivity contribution < 1.29 is 4.79 Å². The molecule has 1 aromatic rings. The number of thiophene rings is 1. The van der Waals surface area contributed by atoms with Crippen molar-refractivity contribution in [2.24, 2.45) is 5.73 Å². The molecule has 0 radical (unpaired) electrons. The van der Waals surface area contributed by atoms with E-state index in [4.69, 9.17) is 18.0 Å². The number of hydrogen-bond donors (Lipinski definition) is 1. The molecule has 1 fully saturated rings. The Kier molecular flexibility index (Phi) is 5.94. The Hall–Kier alpha value is -0.980. The number of carbonyl (C=O) groups excluding carboxylic acids is 1. The third-order valence-corrected chi connectivity index (χ3v) is 4.56. The number of nitrogens with zero attached hydrogens (tertiary/aromatic N) is 2. The number of aryl methyl sites for hydroxylation is 1. The molecule has 110 valence electrons. The van der Waals surface area contributed by atoms with Crippen LogP contribution in [0, 0.1) is 0 Å². The Labute approximate surface area is 129 Å². The first-order valence-electron chi connectivity index (χ1n) is 6.96. The van der Waals surface area contributed by atoms with Crippen molar-refractivity contribution in [1.82, 2.24) is 9.80 Å².